The zero-order valence-corrected chi connectivity index (χ0v) is 11.7. The molecule has 1 aromatic carbocycles. The first-order valence-electron chi connectivity index (χ1n) is 6.17. The lowest BCUT2D eigenvalue weighted by Crippen LogP contribution is -2.30. The van der Waals surface area contributed by atoms with Crippen LogP contribution in [0.4, 0.5) is 0 Å². The van der Waals surface area contributed by atoms with E-state index in [1.165, 1.54) is 9.87 Å². The van der Waals surface area contributed by atoms with Crippen LogP contribution in [-0.2, 0) is 10.0 Å². The lowest BCUT2D eigenvalue weighted by molar-refractivity contribution is 0.277. The smallest absolute Gasteiger partial charge is 0.214 e. The highest BCUT2D eigenvalue weighted by atomic mass is 32.2. The molecule has 0 bridgehead atoms. The van der Waals surface area contributed by atoms with E-state index in [9.17, 15) is 8.42 Å². The van der Waals surface area contributed by atoms with Crippen LogP contribution in [0, 0.1) is 13.8 Å². The first-order chi connectivity index (χ1) is 8.50. The van der Waals surface area contributed by atoms with Crippen LogP contribution in [0.2, 0.25) is 0 Å². The topological polar surface area (TPSA) is 46.6 Å². The van der Waals surface area contributed by atoms with Crippen molar-refractivity contribution in [2.24, 2.45) is 0 Å². The summed E-state index contributed by atoms with van der Waals surface area (Å²) < 4.78 is 30.4. The molecule has 0 radical (unpaired) electrons. The number of aryl methyl sites for hydroxylation is 1. The molecule has 1 aliphatic heterocycles. The third kappa shape index (κ3) is 2.84. The Bertz CT molecular complexity index is 525. The summed E-state index contributed by atoms with van der Waals surface area (Å²) in [6.45, 7) is 5.52. The Labute approximate surface area is 109 Å². The van der Waals surface area contributed by atoms with Gasteiger partial charge < -0.3 is 4.74 Å². The van der Waals surface area contributed by atoms with Crippen molar-refractivity contribution in [3.8, 4) is 5.75 Å². The zero-order chi connectivity index (χ0) is 13.2. The minimum atomic E-state index is -3.01. The molecular formula is C13H19NO3S. The third-order valence-corrected chi connectivity index (χ3v) is 5.31. The van der Waals surface area contributed by atoms with Gasteiger partial charge in [-0.15, -0.1) is 0 Å². The average Bonchev–Trinajstić information content (AvgIpc) is 2.64. The molecule has 1 aliphatic rings. The Kier molecular flexibility index (Phi) is 3.92. The van der Waals surface area contributed by atoms with Gasteiger partial charge in [-0.1, -0.05) is 12.1 Å². The molecule has 0 aromatic heterocycles. The molecule has 0 aliphatic carbocycles. The van der Waals surface area contributed by atoms with Gasteiger partial charge in [0, 0.05) is 13.1 Å². The molecule has 5 heteroatoms. The molecule has 100 valence electrons. The molecule has 1 fully saturated rings. The molecule has 18 heavy (non-hydrogen) atoms. The van der Waals surface area contributed by atoms with Gasteiger partial charge in [0.25, 0.3) is 0 Å². The molecule has 1 aromatic rings. The highest BCUT2D eigenvalue weighted by molar-refractivity contribution is 7.89. The lowest BCUT2D eigenvalue weighted by Gasteiger charge is -2.16. The monoisotopic (exact) mass is 269 g/mol. The summed E-state index contributed by atoms with van der Waals surface area (Å²) in [5, 5.41) is 0. The van der Waals surface area contributed by atoms with Crippen molar-refractivity contribution in [2.75, 3.05) is 25.4 Å². The second kappa shape index (κ2) is 5.28. The van der Waals surface area contributed by atoms with Crippen LogP contribution in [0.25, 0.3) is 0 Å². The molecule has 0 atom stereocenters. The maximum absolute atomic E-state index is 11.6. The number of sulfonamides is 1. The van der Waals surface area contributed by atoms with Gasteiger partial charge in [-0.2, -0.15) is 4.31 Å². The van der Waals surface area contributed by atoms with Crippen molar-refractivity contribution in [2.45, 2.75) is 20.3 Å². The van der Waals surface area contributed by atoms with Gasteiger partial charge >= 0.3 is 0 Å². The van der Waals surface area contributed by atoms with Crippen LogP contribution < -0.4 is 4.74 Å². The lowest BCUT2D eigenvalue weighted by atomic mass is 10.1. The van der Waals surface area contributed by atoms with Crippen LogP contribution >= 0.6 is 0 Å². The summed E-state index contributed by atoms with van der Waals surface area (Å²) in [5.74, 6) is 1.11. The zero-order valence-electron chi connectivity index (χ0n) is 10.8. The summed E-state index contributed by atoms with van der Waals surface area (Å²) in [7, 11) is -3.01. The SMILES string of the molecule is Cc1cccc(OCCN2CCCS2(=O)=O)c1C. The maximum atomic E-state index is 11.6. The average molecular weight is 269 g/mol. The van der Waals surface area contributed by atoms with Crippen LogP contribution in [0.1, 0.15) is 17.5 Å². The number of hydrogen-bond acceptors (Lipinski definition) is 3. The molecule has 1 heterocycles. The van der Waals surface area contributed by atoms with Gasteiger partial charge in [0.15, 0.2) is 0 Å². The first kappa shape index (κ1) is 13.4. The molecule has 0 unspecified atom stereocenters. The fraction of sp³-hybridized carbons (Fsp3) is 0.538. The molecule has 2 rings (SSSR count). The van der Waals surface area contributed by atoms with Gasteiger partial charge in [0.05, 0.1) is 5.75 Å². The third-order valence-electron chi connectivity index (χ3n) is 3.36. The summed E-state index contributed by atoms with van der Waals surface area (Å²) in [5.41, 5.74) is 2.29. The van der Waals surface area contributed by atoms with E-state index in [-0.39, 0.29) is 5.75 Å². The van der Waals surface area contributed by atoms with Crippen molar-refractivity contribution >= 4 is 10.0 Å². The highest BCUT2D eigenvalue weighted by Crippen LogP contribution is 2.20. The molecule has 0 amide bonds. The molecule has 0 spiro atoms. The molecular weight excluding hydrogens is 250 g/mol. The number of rotatable bonds is 4. The van der Waals surface area contributed by atoms with Crippen molar-refractivity contribution < 1.29 is 13.2 Å². The van der Waals surface area contributed by atoms with Crippen LogP contribution in [0.3, 0.4) is 0 Å². The quantitative estimate of drug-likeness (QED) is 0.836. The van der Waals surface area contributed by atoms with E-state index in [4.69, 9.17) is 4.74 Å². The van der Waals surface area contributed by atoms with Crippen LogP contribution in [0.15, 0.2) is 18.2 Å². The number of benzene rings is 1. The summed E-state index contributed by atoms with van der Waals surface area (Å²) in [6, 6.07) is 5.90. The Hall–Kier alpha value is -1.07. The van der Waals surface area contributed by atoms with Gasteiger partial charge in [-0.05, 0) is 37.5 Å². The Morgan fingerprint density at radius 3 is 2.78 bits per heavy atom. The minimum absolute atomic E-state index is 0.274. The largest absolute Gasteiger partial charge is 0.492 e. The van der Waals surface area contributed by atoms with Crippen molar-refractivity contribution in [3.05, 3.63) is 29.3 Å². The maximum Gasteiger partial charge on any atom is 0.214 e. The van der Waals surface area contributed by atoms with Crippen molar-refractivity contribution in [1.29, 1.82) is 0 Å². The molecule has 0 saturated carbocycles. The van der Waals surface area contributed by atoms with E-state index >= 15 is 0 Å². The summed E-state index contributed by atoms with van der Waals surface area (Å²) in [6.07, 6.45) is 0.728. The van der Waals surface area contributed by atoms with E-state index in [0.29, 0.717) is 19.7 Å². The van der Waals surface area contributed by atoms with E-state index in [1.807, 2.05) is 32.0 Å². The molecule has 1 saturated heterocycles. The predicted molar refractivity (Wildman–Crippen MR) is 71.4 cm³/mol. The van der Waals surface area contributed by atoms with Gasteiger partial charge in [-0.25, -0.2) is 8.42 Å². The Morgan fingerprint density at radius 1 is 1.33 bits per heavy atom. The number of hydrogen-bond donors (Lipinski definition) is 0. The van der Waals surface area contributed by atoms with Crippen molar-refractivity contribution in [3.63, 3.8) is 0 Å². The Morgan fingerprint density at radius 2 is 2.11 bits per heavy atom. The van der Waals surface area contributed by atoms with Crippen LogP contribution in [0.5, 0.6) is 5.75 Å². The normalized spacial score (nSPS) is 19.0. The van der Waals surface area contributed by atoms with Gasteiger partial charge in [0.2, 0.25) is 10.0 Å². The minimum Gasteiger partial charge on any atom is -0.492 e. The standard InChI is InChI=1S/C13H19NO3S/c1-11-5-3-6-13(12(11)2)17-9-8-14-7-4-10-18(14,15)16/h3,5-6H,4,7-10H2,1-2H3. The number of nitrogens with zero attached hydrogens (tertiary/aromatic N) is 1. The summed E-state index contributed by atoms with van der Waals surface area (Å²) in [4.78, 5) is 0. The fourth-order valence-corrected chi connectivity index (χ4v) is 3.59. The van der Waals surface area contributed by atoms with Gasteiger partial charge in [0.1, 0.15) is 12.4 Å². The second-order valence-corrected chi connectivity index (χ2v) is 6.70. The number of ether oxygens (including phenoxy) is 1. The van der Waals surface area contributed by atoms with E-state index in [0.717, 1.165) is 17.7 Å². The second-order valence-electron chi connectivity index (χ2n) is 4.62. The molecule has 0 N–H and O–H groups in total. The van der Waals surface area contributed by atoms with Crippen LogP contribution in [-0.4, -0.2) is 38.2 Å². The Balaban J connectivity index is 1.91. The van der Waals surface area contributed by atoms with Gasteiger partial charge in [-0.3, -0.25) is 0 Å². The predicted octanol–water partition coefficient (Wildman–Crippen LogP) is 1.72. The van der Waals surface area contributed by atoms with E-state index in [2.05, 4.69) is 0 Å². The molecule has 4 nitrogen and oxygen atoms in total. The first-order valence-corrected chi connectivity index (χ1v) is 7.78. The summed E-state index contributed by atoms with van der Waals surface area (Å²) >= 11 is 0. The van der Waals surface area contributed by atoms with Crippen molar-refractivity contribution in [1.82, 2.24) is 4.31 Å². The van der Waals surface area contributed by atoms with E-state index in [1.54, 1.807) is 0 Å². The van der Waals surface area contributed by atoms with E-state index < -0.39 is 10.0 Å². The highest BCUT2D eigenvalue weighted by Gasteiger charge is 2.27. The fourth-order valence-electron chi connectivity index (χ4n) is 2.08.